The van der Waals surface area contributed by atoms with Crippen LogP contribution in [-0.2, 0) is 11.3 Å². The molecular formula is C28H31FN6O3S. The molecule has 0 amide bonds. The van der Waals surface area contributed by atoms with Crippen molar-refractivity contribution in [1.82, 2.24) is 9.88 Å². The number of halogens is 1. The summed E-state index contributed by atoms with van der Waals surface area (Å²) in [5.41, 5.74) is 13.3. The average Bonchev–Trinajstić information content (AvgIpc) is 3.36. The van der Waals surface area contributed by atoms with Crippen LogP contribution in [0.2, 0.25) is 0 Å². The summed E-state index contributed by atoms with van der Waals surface area (Å²) in [4.78, 5) is 11.8. The molecule has 0 spiro atoms. The predicted molar refractivity (Wildman–Crippen MR) is 149 cm³/mol. The molecule has 1 aliphatic rings. The number of amidine groups is 1. The molecule has 39 heavy (non-hydrogen) atoms. The quantitative estimate of drug-likeness (QED) is 0.157. The summed E-state index contributed by atoms with van der Waals surface area (Å²) in [7, 11) is 0. The number of aryl methyl sites for hydroxylation is 1. The fraction of sp³-hybridized carbons (Fsp3) is 0.321. The van der Waals surface area contributed by atoms with E-state index < -0.39 is 5.82 Å². The lowest BCUT2D eigenvalue weighted by atomic mass is 10.1. The number of hydrogen-bond donors (Lipinski definition) is 2. The molecule has 0 saturated carbocycles. The van der Waals surface area contributed by atoms with Gasteiger partial charge in [-0.05, 0) is 43.2 Å². The van der Waals surface area contributed by atoms with Crippen molar-refractivity contribution in [3.05, 3.63) is 75.5 Å². The molecule has 0 atom stereocenters. The van der Waals surface area contributed by atoms with Crippen molar-refractivity contribution in [2.75, 3.05) is 39.4 Å². The average molecular weight is 551 g/mol. The highest BCUT2D eigenvalue weighted by Gasteiger charge is 2.12. The Morgan fingerprint density at radius 3 is 2.59 bits per heavy atom. The molecule has 1 aliphatic heterocycles. The minimum Gasteiger partial charge on any atom is -0.488 e. The summed E-state index contributed by atoms with van der Waals surface area (Å²) in [6.45, 7) is 6.92. The monoisotopic (exact) mass is 550 g/mol. The first kappa shape index (κ1) is 28.0. The number of rotatable bonds is 11. The van der Waals surface area contributed by atoms with Crippen LogP contribution < -0.4 is 20.9 Å². The number of ether oxygens (including phenoxy) is 3. The third-order valence-corrected chi connectivity index (χ3v) is 6.84. The third kappa shape index (κ3) is 8.25. The van der Waals surface area contributed by atoms with E-state index in [0.29, 0.717) is 23.6 Å². The van der Waals surface area contributed by atoms with Crippen molar-refractivity contribution in [3.8, 4) is 23.3 Å². The van der Waals surface area contributed by atoms with Gasteiger partial charge in [-0.25, -0.2) is 9.37 Å². The zero-order valence-corrected chi connectivity index (χ0v) is 22.5. The second kappa shape index (κ2) is 13.7. The van der Waals surface area contributed by atoms with E-state index in [1.807, 2.05) is 6.92 Å². The Labute approximate surface area is 231 Å². The third-order valence-electron chi connectivity index (χ3n) is 5.95. The smallest absolute Gasteiger partial charge is 0.138 e. The van der Waals surface area contributed by atoms with Gasteiger partial charge in [-0.1, -0.05) is 0 Å². The Morgan fingerprint density at radius 1 is 1.15 bits per heavy atom. The maximum absolute atomic E-state index is 14.2. The first-order valence-corrected chi connectivity index (χ1v) is 13.4. The normalized spacial score (nSPS) is 14.9. The van der Waals surface area contributed by atoms with Crippen LogP contribution in [-0.4, -0.2) is 55.1 Å². The van der Waals surface area contributed by atoms with Crippen LogP contribution in [0.5, 0.6) is 17.2 Å². The van der Waals surface area contributed by atoms with Crippen molar-refractivity contribution in [3.63, 3.8) is 0 Å². The van der Waals surface area contributed by atoms with E-state index in [1.165, 1.54) is 23.5 Å². The highest BCUT2D eigenvalue weighted by Crippen LogP contribution is 2.29. The van der Waals surface area contributed by atoms with Crippen molar-refractivity contribution >= 4 is 22.9 Å². The summed E-state index contributed by atoms with van der Waals surface area (Å²) in [5, 5.41) is 10.6. The summed E-state index contributed by atoms with van der Waals surface area (Å²) in [6, 6.07) is 13.0. The van der Waals surface area contributed by atoms with Gasteiger partial charge >= 0.3 is 0 Å². The molecule has 2 heterocycles. The molecule has 4 N–H and O–H groups in total. The molecule has 1 aromatic heterocycles. The van der Waals surface area contributed by atoms with Gasteiger partial charge in [0.25, 0.3) is 0 Å². The second-order valence-corrected chi connectivity index (χ2v) is 10.2. The SMILES string of the molecule is Cc1ncc(COc2cc(F)cc(Oc3ccc(/C(N)=C(\C#N)C(N)=NCCCN4CCOCC4)cc3)c2)s1. The van der Waals surface area contributed by atoms with Gasteiger partial charge in [0.15, 0.2) is 0 Å². The summed E-state index contributed by atoms with van der Waals surface area (Å²) < 4.78 is 31.1. The lowest BCUT2D eigenvalue weighted by Gasteiger charge is -2.26. The van der Waals surface area contributed by atoms with E-state index in [1.54, 1.807) is 36.5 Å². The van der Waals surface area contributed by atoms with Crippen LogP contribution in [0.15, 0.2) is 59.2 Å². The number of aromatic nitrogens is 1. The van der Waals surface area contributed by atoms with Gasteiger partial charge in [0.2, 0.25) is 0 Å². The lowest BCUT2D eigenvalue weighted by molar-refractivity contribution is 0.0377. The highest BCUT2D eigenvalue weighted by atomic mass is 32.1. The van der Waals surface area contributed by atoms with Gasteiger partial charge in [-0.15, -0.1) is 11.3 Å². The first-order valence-electron chi connectivity index (χ1n) is 12.5. The lowest BCUT2D eigenvalue weighted by Crippen LogP contribution is -2.37. The van der Waals surface area contributed by atoms with E-state index in [0.717, 1.165) is 49.2 Å². The largest absolute Gasteiger partial charge is 0.488 e. The molecule has 0 aliphatic carbocycles. The Balaban J connectivity index is 1.37. The van der Waals surface area contributed by atoms with Gasteiger partial charge < -0.3 is 25.7 Å². The highest BCUT2D eigenvalue weighted by molar-refractivity contribution is 7.11. The van der Waals surface area contributed by atoms with Gasteiger partial charge in [-0.3, -0.25) is 9.89 Å². The maximum atomic E-state index is 14.2. The fourth-order valence-corrected chi connectivity index (χ4v) is 4.65. The Hall–Kier alpha value is -3.98. The molecule has 0 radical (unpaired) electrons. The number of aliphatic imine (C=N–C) groups is 1. The Morgan fingerprint density at radius 2 is 1.90 bits per heavy atom. The van der Waals surface area contributed by atoms with Crippen LogP contribution in [0.25, 0.3) is 5.70 Å². The second-order valence-electron chi connectivity index (χ2n) is 8.86. The van der Waals surface area contributed by atoms with E-state index in [-0.39, 0.29) is 29.5 Å². The number of morpholine rings is 1. The standard InChI is InChI=1S/C28H31FN6O3S/c1-19-34-17-25(39-19)18-37-23-13-21(29)14-24(15-23)38-22-5-3-20(4-6-22)27(31)26(16-30)28(32)33-7-2-8-35-9-11-36-12-10-35/h3-6,13-15,17H,2,7-12,18,31H2,1H3,(H2,32,33)/b27-26-. The number of nitrogens with zero attached hydrogens (tertiary/aromatic N) is 4. The molecule has 0 unspecified atom stereocenters. The van der Waals surface area contributed by atoms with Crippen molar-refractivity contribution in [2.24, 2.45) is 16.5 Å². The Kier molecular flexibility index (Phi) is 9.85. The number of nitrogens with two attached hydrogens (primary N) is 2. The van der Waals surface area contributed by atoms with Crippen LogP contribution >= 0.6 is 11.3 Å². The first-order chi connectivity index (χ1) is 18.9. The molecule has 204 valence electrons. The van der Waals surface area contributed by atoms with Crippen LogP contribution in [0, 0.1) is 24.1 Å². The van der Waals surface area contributed by atoms with Crippen molar-refractivity contribution in [1.29, 1.82) is 5.26 Å². The molecule has 1 fully saturated rings. The van der Waals surface area contributed by atoms with Crippen molar-refractivity contribution < 1.29 is 18.6 Å². The minimum absolute atomic E-state index is 0.109. The Bertz CT molecular complexity index is 1360. The van der Waals surface area contributed by atoms with Crippen LogP contribution in [0.3, 0.4) is 0 Å². The number of benzene rings is 2. The maximum Gasteiger partial charge on any atom is 0.138 e. The summed E-state index contributed by atoms with van der Waals surface area (Å²) in [5.74, 6) is 0.721. The molecule has 2 aromatic carbocycles. The van der Waals surface area contributed by atoms with Crippen molar-refractivity contribution in [2.45, 2.75) is 20.0 Å². The van der Waals surface area contributed by atoms with E-state index in [4.69, 9.17) is 25.7 Å². The predicted octanol–water partition coefficient (Wildman–Crippen LogP) is 4.23. The van der Waals surface area contributed by atoms with Crippen LogP contribution in [0.4, 0.5) is 4.39 Å². The van der Waals surface area contributed by atoms with Gasteiger partial charge in [0, 0.05) is 50.6 Å². The number of nitriles is 1. The minimum atomic E-state index is -0.481. The van der Waals surface area contributed by atoms with E-state index >= 15 is 0 Å². The molecule has 4 rings (SSSR count). The van der Waals surface area contributed by atoms with Crippen LogP contribution in [0.1, 0.15) is 21.9 Å². The topological polar surface area (TPSA) is 132 Å². The molecular weight excluding hydrogens is 519 g/mol. The molecule has 11 heteroatoms. The van der Waals surface area contributed by atoms with Gasteiger partial charge in [-0.2, -0.15) is 5.26 Å². The van der Waals surface area contributed by atoms with Gasteiger partial charge in [0.1, 0.15) is 47.2 Å². The molecule has 3 aromatic rings. The van der Waals surface area contributed by atoms with E-state index in [2.05, 4.69) is 20.9 Å². The number of thiazole rings is 1. The zero-order valence-electron chi connectivity index (χ0n) is 21.7. The zero-order chi connectivity index (χ0) is 27.6. The number of hydrogen-bond acceptors (Lipinski definition) is 9. The summed E-state index contributed by atoms with van der Waals surface area (Å²) >= 11 is 1.52. The fourth-order valence-electron chi connectivity index (χ4n) is 3.94. The van der Waals surface area contributed by atoms with E-state index in [9.17, 15) is 9.65 Å². The summed E-state index contributed by atoms with van der Waals surface area (Å²) in [6.07, 6.45) is 2.56. The molecule has 1 saturated heterocycles. The molecule has 0 bridgehead atoms. The molecule has 9 nitrogen and oxygen atoms in total. The van der Waals surface area contributed by atoms with Gasteiger partial charge in [0.05, 0.1) is 28.8 Å².